The van der Waals surface area contributed by atoms with Crippen molar-refractivity contribution in [3.05, 3.63) is 34.7 Å². The maximum atomic E-state index is 10.8. The van der Waals surface area contributed by atoms with Gasteiger partial charge in [0.2, 0.25) is 6.29 Å². The van der Waals surface area contributed by atoms with Gasteiger partial charge in [-0.25, -0.2) is 0 Å². The molecule has 5 nitrogen and oxygen atoms in total. The van der Waals surface area contributed by atoms with Gasteiger partial charge in [-0.05, 0) is 0 Å². The van der Waals surface area contributed by atoms with Crippen LogP contribution in [-0.4, -0.2) is 11.2 Å². The topological polar surface area (TPSA) is 75.2 Å². The predicted molar refractivity (Wildman–Crippen MR) is 41.8 cm³/mol. The van der Waals surface area contributed by atoms with Crippen molar-refractivity contribution in [2.24, 2.45) is 5.84 Å². The molecular formula is C7H7N3O2+. The molecule has 5 heteroatoms. The van der Waals surface area contributed by atoms with E-state index in [4.69, 9.17) is 5.84 Å². The number of hydrazine groups is 2. The molecule has 1 aromatic rings. The van der Waals surface area contributed by atoms with Gasteiger partial charge in [0, 0.05) is 17.7 Å². The van der Waals surface area contributed by atoms with Gasteiger partial charge in [-0.15, -0.1) is 0 Å². The molecule has 0 aliphatic rings. The first-order valence-electron chi connectivity index (χ1n) is 3.19. The van der Waals surface area contributed by atoms with E-state index >= 15 is 0 Å². The quantitative estimate of drug-likeness (QED) is 0.373. The minimum absolute atomic E-state index is 0.262. The molecule has 0 saturated heterocycles. The minimum Gasteiger partial charge on any atom is -0.285 e. The number of nitroso groups, excluding NO2 is 1. The van der Waals surface area contributed by atoms with E-state index in [0.717, 1.165) is 0 Å². The van der Waals surface area contributed by atoms with Gasteiger partial charge in [0.25, 0.3) is 5.69 Å². The van der Waals surface area contributed by atoms with E-state index in [1.165, 1.54) is 12.1 Å². The Morgan fingerprint density at radius 3 is 2.83 bits per heavy atom. The number of hydrogen-bond donors (Lipinski definition) is 2. The third kappa shape index (κ3) is 1.64. The standard InChI is InChI=1S/C7H7N3O2/c8-9-10(12)7-3-1-2-6(4-7)5-11/h1-4H,8H2,(H,9,12)/q+1. The summed E-state index contributed by atoms with van der Waals surface area (Å²) in [6, 6.07) is 6.01. The molecule has 0 heterocycles. The number of hydrogen-bond acceptors (Lipinski definition) is 3. The highest BCUT2D eigenvalue weighted by atomic mass is 16.3. The number of rotatable bonds is 3. The third-order valence-electron chi connectivity index (χ3n) is 1.32. The van der Waals surface area contributed by atoms with Crippen molar-refractivity contribution in [2.75, 3.05) is 0 Å². The Bertz CT molecular complexity index is 311. The molecule has 0 fully saturated rings. The molecule has 0 spiro atoms. The summed E-state index contributed by atoms with van der Waals surface area (Å²) < 4.78 is 0. The van der Waals surface area contributed by atoms with Crippen molar-refractivity contribution in [2.45, 2.75) is 0 Å². The van der Waals surface area contributed by atoms with E-state index in [9.17, 15) is 9.70 Å². The SMILES string of the molecule is NN[N+](=O)c1cccc([C]=O)c1. The molecule has 0 atom stereocenters. The summed E-state index contributed by atoms with van der Waals surface area (Å²) in [5, 5.41) is 0. The highest BCUT2D eigenvalue weighted by Crippen LogP contribution is 2.09. The lowest BCUT2D eigenvalue weighted by atomic mass is 10.2. The monoisotopic (exact) mass is 165 g/mol. The van der Waals surface area contributed by atoms with Crippen molar-refractivity contribution in [3.8, 4) is 0 Å². The Kier molecular flexibility index (Phi) is 2.49. The Morgan fingerprint density at radius 1 is 1.50 bits per heavy atom. The molecule has 0 saturated carbocycles. The summed E-state index contributed by atoms with van der Waals surface area (Å²) in [6.07, 6.45) is 1.66. The maximum absolute atomic E-state index is 10.8. The summed E-state index contributed by atoms with van der Waals surface area (Å²) in [7, 11) is 0. The number of nitrogens with two attached hydrogens (primary N) is 1. The van der Waals surface area contributed by atoms with E-state index < -0.39 is 0 Å². The average Bonchev–Trinajstić information content (AvgIpc) is 2.17. The average molecular weight is 165 g/mol. The Balaban J connectivity index is 3.01. The number of nitrogens with one attached hydrogen (secondary N) is 1. The van der Waals surface area contributed by atoms with Crippen molar-refractivity contribution < 1.29 is 9.66 Å². The summed E-state index contributed by atoms with van der Waals surface area (Å²) in [4.78, 5) is 21.4. The van der Waals surface area contributed by atoms with Gasteiger partial charge < -0.3 is 0 Å². The van der Waals surface area contributed by atoms with Crippen LogP contribution >= 0.6 is 0 Å². The molecule has 0 unspecified atom stereocenters. The largest absolute Gasteiger partial charge is 0.294 e. The zero-order valence-electron chi connectivity index (χ0n) is 6.15. The van der Waals surface area contributed by atoms with Crippen LogP contribution in [-0.2, 0) is 4.79 Å². The first-order valence-corrected chi connectivity index (χ1v) is 3.19. The van der Waals surface area contributed by atoms with Crippen LogP contribution in [0.15, 0.2) is 24.3 Å². The van der Waals surface area contributed by atoms with Gasteiger partial charge in [-0.3, -0.25) is 4.79 Å². The van der Waals surface area contributed by atoms with E-state index in [1.54, 1.807) is 18.4 Å². The molecule has 0 amide bonds. The van der Waals surface area contributed by atoms with Crippen molar-refractivity contribution >= 4 is 12.0 Å². The zero-order chi connectivity index (χ0) is 8.97. The number of nitrogens with zero attached hydrogens (tertiary/aromatic N) is 1. The third-order valence-corrected chi connectivity index (χ3v) is 1.32. The minimum atomic E-state index is 0.262. The molecule has 0 bridgehead atoms. The van der Waals surface area contributed by atoms with Crippen LogP contribution in [0.5, 0.6) is 0 Å². The van der Waals surface area contributed by atoms with Crippen molar-refractivity contribution in [3.63, 3.8) is 0 Å². The van der Waals surface area contributed by atoms with Gasteiger partial charge >= 0.3 is 0 Å². The molecule has 0 aromatic heterocycles. The van der Waals surface area contributed by atoms with Crippen LogP contribution in [0, 0.1) is 4.91 Å². The Labute approximate surface area is 68.7 Å². The Morgan fingerprint density at radius 2 is 2.25 bits per heavy atom. The molecule has 12 heavy (non-hydrogen) atoms. The molecular weight excluding hydrogens is 158 g/mol. The van der Waals surface area contributed by atoms with Gasteiger partial charge in [0.15, 0.2) is 4.87 Å². The number of benzene rings is 1. The lowest BCUT2D eigenvalue weighted by Gasteiger charge is -1.89. The lowest BCUT2D eigenvalue weighted by Crippen LogP contribution is -2.29. The first kappa shape index (κ1) is 8.35. The summed E-state index contributed by atoms with van der Waals surface area (Å²) in [5.41, 5.74) is 2.45. The fraction of sp³-hybridized carbons (Fsp3) is 0. The normalized spacial score (nSPS) is 9.08. The molecule has 0 aliphatic heterocycles. The van der Waals surface area contributed by atoms with E-state index in [-0.39, 0.29) is 5.69 Å². The summed E-state index contributed by atoms with van der Waals surface area (Å²) in [6.45, 7) is 0. The van der Waals surface area contributed by atoms with Gasteiger partial charge in [0.05, 0.1) is 4.91 Å². The summed E-state index contributed by atoms with van der Waals surface area (Å²) in [5.74, 6) is 4.86. The molecule has 61 valence electrons. The number of carbonyl (C=O) groups excluding carboxylic acids is 1. The molecule has 1 radical (unpaired) electrons. The fourth-order valence-corrected chi connectivity index (χ4v) is 0.770. The van der Waals surface area contributed by atoms with Crippen LogP contribution < -0.4 is 11.4 Å². The van der Waals surface area contributed by atoms with Gasteiger partial charge in [-0.2, -0.15) is 5.84 Å². The second-order valence-electron chi connectivity index (χ2n) is 2.08. The van der Waals surface area contributed by atoms with Crippen LogP contribution in [0.2, 0.25) is 0 Å². The summed E-state index contributed by atoms with van der Waals surface area (Å²) >= 11 is 0. The van der Waals surface area contributed by atoms with Crippen LogP contribution in [0.1, 0.15) is 5.56 Å². The van der Waals surface area contributed by atoms with Crippen LogP contribution in [0.3, 0.4) is 0 Å². The smallest absolute Gasteiger partial charge is 0.285 e. The molecule has 0 aliphatic carbocycles. The molecule has 3 N–H and O–H groups in total. The maximum Gasteiger partial charge on any atom is 0.294 e. The Hall–Kier alpha value is -1.75. The second-order valence-corrected chi connectivity index (χ2v) is 2.08. The second kappa shape index (κ2) is 3.59. The highest BCUT2D eigenvalue weighted by molar-refractivity contribution is 5.76. The fourth-order valence-electron chi connectivity index (χ4n) is 0.770. The zero-order valence-corrected chi connectivity index (χ0v) is 6.15. The van der Waals surface area contributed by atoms with E-state index in [0.29, 0.717) is 10.4 Å². The van der Waals surface area contributed by atoms with Crippen molar-refractivity contribution in [1.82, 2.24) is 5.53 Å². The van der Waals surface area contributed by atoms with E-state index in [2.05, 4.69) is 0 Å². The molecule has 1 rings (SSSR count). The van der Waals surface area contributed by atoms with Gasteiger partial charge in [0.1, 0.15) is 0 Å². The first-order chi connectivity index (χ1) is 5.77. The van der Waals surface area contributed by atoms with Crippen LogP contribution in [0.25, 0.3) is 0 Å². The predicted octanol–water partition coefficient (Wildman–Crippen LogP) is -0.0669. The van der Waals surface area contributed by atoms with E-state index in [1.807, 2.05) is 5.53 Å². The lowest BCUT2D eigenvalue weighted by molar-refractivity contribution is -0.530. The molecule has 1 aromatic carbocycles. The highest BCUT2D eigenvalue weighted by Gasteiger charge is 2.11. The van der Waals surface area contributed by atoms with Crippen LogP contribution in [0.4, 0.5) is 5.69 Å². The van der Waals surface area contributed by atoms with Gasteiger partial charge in [-0.1, -0.05) is 17.7 Å². The van der Waals surface area contributed by atoms with Crippen molar-refractivity contribution in [1.29, 1.82) is 0 Å².